The average molecular weight is 299 g/mol. The predicted octanol–water partition coefficient (Wildman–Crippen LogP) is 3.47. The molecule has 5 heteroatoms. The predicted molar refractivity (Wildman–Crippen MR) is 82.6 cm³/mol. The fraction of sp³-hybridized carbons (Fsp3) is 0.533. The van der Waals surface area contributed by atoms with Gasteiger partial charge in [0.2, 0.25) is 0 Å². The first kappa shape index (κ1) is 16.6. The first-order valence-corrected chi connectivity index (χ1v) is 7.30. The van der Waals surface area contributed by atoms with Crippen LogP contribution in [0.3, 0.4) is 0 Å². The lowest BCUT2D eigenvalue weighted by molar-refractivity contribution is 0.204. The summed E-state index contributed by atoms with van der Waals surface area (Å²) in [7, 11) is 1.80. The quantitative estimate of drug-likeness (QED) is 0.783. The van der Waals surface area contributed by atoms with Crippen molar-refractivity contribution in [1.82, 2.24) is 10.2 Å². The number of carbonyl (C=O) groups is 1. The number of urea groups is 1. The summed E-state index contributed by atoms with van der Waals surface area (Å²) in [6, 6.07) is 5.46. The molecule has 0 aromatic heterocycles. The Morgan fingerprint density at radius 3 is 2.85 bits per heavy atom. The highest BCUT2D eigenvalue weighted by Gasteiger charge is 2.06. The Hall–Kier alpha value is -1.42. The number of unbranched alkanes of at least 4 members (excludes halogenated alkanes) is 1. The van der Waals surface area contributed by atoms with Gasteiger partial charge in [0.25, 0.3) is 0 Å². The molecular weight excluding hydrogens is 276 g/mol. The van der Waals surface area contributed by atoms with Gasteiger partial charge in [0.05, 0.1) is 6.54 Å². The summed E-state index contributed by atoms with van der Waals surface area (Å²) in [5.74, 6) is 0.764. The molecule has 20 heavy (non-hydrogen) atoms. The number of halogens is 1. The van der Waals surface area contributed by atoms with Crippen molar-refractivity contribution in [2.45, 2.75) is 26.7 Å². The summed E-state index contributed by atoms with van der Waals surface area (Å²) in [4.78, 5) is 13.4. The summed E-state index contributed by atoms with van der Waals surface area (Å²) in [6.45, 7) is 5.73. The summed E-state index contributed by atoms with van der Waals surface area (Å²) in [6.07, 6.45) is 2.10. The van der Waals surface area contributed by atoms with Crippen LogP contribution in [0, 0.1) is 6.92 Å². The van der Waals surface area contributed by atoms with Crippen LogP contribution in [0.1, 0.15) is 25.3 Å². The third-order valence-corrected chi connectivity index (χ3v) is 3.39. The minimum atomic E-state index is -0.0608. The Morgan fingerprint density at radius 1 is 1.45 bits per heavy atom. The molecule has 0 saturated carbocycles. The lowest BCUT2D eigenvalue weighted by atomic mass is 10.2. The van der Waals surface area contributed by atoms with E-state index in [9.17, 15) is 4.79 Å². The fourth-order valence-corrected chi connectivity index (χ4v) is 1.78. The minimum Gasteiger partial charge on any atom is -0.492 e. The van der Waals surface area contributed by atoms with Crippen LogP contribution in [-0.4, -0.2) is 37.7 Å². The molecule has 0 heterocycles. The molecule has 112 valence electrons. The first-order valence-electron chi connectivity index (χ1n) is 6.92. The van der Waals surface area contributed by atoms with Gasteiger partial charge in [0, 0.05) is 18.6 Å². The molecule has 0 aliphatic heterocycles. The molecule has 1 rings (SSSR count). The maximum Gasteiger partial charge on any atom is 0.317 e. The Morgan fingerprint density at radius 2 is 2.20 bits per heavy atom. The monoisotopic (exact) mass is 298 g/mol. The van der Waals surface area contributed by atoms with Crippen LogP contribution in [-0.2, 0) is 0 Å². The minimum absolute atomic E-state index is 0.0608. The van der Waals surface area contributed by atoms with E-state index in [4.69, 9.17) is 16.3 Å². The number of aryl methyl sites for hydroxylation is 1. The van der Waals surface area contributed by atoms with Gasteiger partial charge in [-0.25, -0.2) is 4.79 Å². The van der Waals surface area contributed by atoms with Crippen molar-refractivity contribution in [2.75, 3.05) is 26.7 Å². The zero-order valence-corrected chi connectivity index (χ0v) is 13.2. The smallest absolute Gasteiger partial charge is 0.317 e. The van der Waals surface area contributed by atoms with E-state index < -0.39 is 0 Å². The van der Waals surface area contributed by atoms with Crippen molar-refractivity contribution >= 4 is 17.6 Å². The van der Waals surface area contributed by atoms with Gasteiger partial charge < -0.3 is 15.0 Å². The molecule has 0 atom stereocenters. The topological polar surface area (TPSA) is 41.6 Å². The molecule has 0 unspecified atom stereocenters. The number of rotatable bonds is 7. The highest BCUT2D eigenvalue weighted by atomic mass is 35.5. The SMILES string of the molecule is CCCCN(C)C(=O)NCCOc1ccc(Cl)c(C)c1. The molecule has 0 fully saturated rings. The van der Waals surface area contributed by atoms with E-state index in [1.165, 1.54) is 0 Å². The summed E-state index contributed by atoms with van der Waals surface area (Å²) >= 11 is 5.94. The van der Waals surface area contributed by atoms with E-state index in [1.807, 2.05) is 25.1 Å². The number of ether oxygens (including phenoxy) is 1. The number of hydrogen-bond acceptors (Lipinski definition) is 2. The summed E-state index contributed by atoms with van der Waals surface area (Å²) in [5.41, 5.74) is 0.979. The molecule has 0 bridgehead atoms. The van der Waals surface area contributed by atoms with Crippen LogP contribution in [0.25, 0.3) is 0 Å². The van der Waals surface area contributed by atoms with Crippen LogP contribution in [0.4, 0.5) is 4.79 Å². The van der Waals surface area contributed by atoms with Crippen LogP contribution >= 0.6 is 11.6 Å². The van der Waals surface area contributed by atoms with E-state index in [0.717, 1.165) is 35.7 Å². The van der Waals surface area contributed by atoms with Crippen molar-refractivity contribution in [3.63, 3.8) is 0 Å². The van der Waals surface area contributed by atoms with Crippen molar-refractivity contribution in [3.8, 4) is 5.75 Å². The van der Waals surface area contributed by atoms with Gasteiger partial charge in [-0.3, -0.25) is 0 Å². The van der Waals surface area contributed by atoms with Gasteiger partial charge in [0.15, 0.2) is 0 Å². The van der Waals surface area contributed by atoms with E-state index in [-0.39, 0.29) is 6.03 Å². The zero-order valence-electron chi connectivity index (χ0n) is 12.4. The van der Waals surface area contributed by atoms with E-state index in [0.29, 0.717) is 13.2 Å². The molecule has 1 aromatic carbocycles. The number of benzene rings is 1. The maximum absolute atomic E-state index is 11.7. The number of carbonyl (C=O) groups excluding carboxylic acids is 1. The largest absolute Gasteiger partial charge is 0.492 e. The lowest BCUT2D eigenvalue weighted by Crippen LogP contribution is -2.39. The standard InChI is InChI=1S/C15H23ClN2O2/c1-4-5-9-18(3)15(19)17-8-10-20-13-6-7-14(16)12(2)11-13/h6-7,11H,4-5,8-10H2,1-3H3,(H,17,19). The molecule has 0 radical (unpaired) electrons. The molecule has 0 spiro atoms. The molecule has 2 amide bonds. The molecule has 4 nitrogen and oxygen atoms in total. The van der Waals surface area contributed by atoms with Crippen molar-refractivity contribution < 1.29 is 9.53 Å². The second-order valence-corrected chi connectivity index (χ2v) is 5.17. The third-order valence-electron chi connectivity index (χ3n) is 2.97. The molecule has 1 aromatic rings. The molecule has 0 saturated heterocycles. The normalized spacial score (nSPS) is 10.2. The number of amides is 2. The van der Waals surface area contributed by atoms with E-state index >= 15 is 0 Å². The number of nitrogens with zero attached hydrogens (tertiary/aromatic N) is 1. The highest BCUT2D eigenvalue weighted by molar-refractivity contribution is 6.31. The highest BCUT2D eigenvalue weighted by Crippen LogP contribution is 2.20. The van der Waals surface area contributed by atoms with Gasteiger partial charge in [-0.05, 0) is 37.1 Å². The third kappa shape index (κ3) is 5.70. The van der Waals surface area contributed by atoms with Crippen LogP contribution in [0.15, 0.2) is 18.2 Å². The lowest BCUT2D eigenvalue weighted by Gasteiger charge is -2.17. The number of hydrogen-bond donors (Lipinski definition) is 1. The Labute approximate surface area is 126 Å². The van der Waals surface area contributed by atoms with Gasteiger partial charge in [-0.2, -0.15) is 0 Å². The Balaban J connectivity index is 2.24. The van der Waals surface area contributed by atoms with Gasteiger partial charge >= 0.3 is 6.03 Å². The molecule has 1 N–H and O–H groups in total. The van der Waals surface area contributed by atoms with Gasteiger partial charge in [-0.15, -0.1) is 0 Å². The fourth-order valence-electron chi connectivity index (χ4n) is 1.67. The van der Waals surface area contributed by atoms with E-state index in [1.54, 1.807) is 11.9 Å². The maximum atomic E-state index is 11.7. The van der Waals surface area contributed by atoms with Crippen molar-refractivity contribution in [2.24, 2.45) is 0 Å². The van der Waals surface area contributed by atoms with Crippen LogP contribution in [0.2, 0.25) is 5.02 Å². The Bertz CT molecular complexity index is 438. The molecule has 0 aliphatic carbocycles. The molecular formula is C15H23ClN2O2. The van der Waals surface area contributed by atoms with Crippen LogP contribution in [0.5, 0.6) is 5.75 Å². The number of nitrogens with one attached hydrogen (secondary N) is 1. The van der Waals surface area contributed by atoms with Crippen molar-refractivity contribution in [1.29, 1.82) is 0 Å². The summed E-state index contributed by atoms with van der Waals surface area (Å²) < 4.78 is 5.56. The second-order valence-electron chi connectivity index (χ2n) is 4.77. The van der Waals surface area contributed by atoms with Crippen molar-refractivity contribution in [3.05, 3.63) is 28.8 Å². The summed E-state index contributed by atoms with van der Waals surface area (Å²) in [5, 5.41) is 3.55. The van der Waals surface area contributed by atoms with E-state index in [2.05, 4.69) is 12.2 Å². The first-order chi connectivity index (χ1) is 9.54. The van der Waals surface area contributed by atoms with Gasteiger partial charge in [-0.1, -0.05) is 24.9 Å². The molecule has 0 aliphatic rings. The Kier molecular flexibility index (Phi) is 7.23. The zero-order chi connectivity index (χ0) is 15.0. The van der Waals surface area contributed by atoms with Crippen LogP contribution < -0.4 is 10.1 Å². The van der Waals surface area contributed by atoms with Gasteiger partial charge in [0.1, 0.15) is 12.4 Å². The second kappa shape index (κ2) is 8.69. The average Bonchev–Trinajstić information content (AvgIpc) is 2.44.